The zero-order valence-corrected chi connectivity index (χ0v) is 12.8. The summed E-state index contributed by atoms with van der Waals surface area (Å²) in [5, 5.41) is 4.13. The van der Waals surface area contributed by atoms with Gasteiger partial charge in [-0.05, 0) is 37.0 Å². The molecule has 0 aromatic carbocycles. The van der Waals surface area contributed by atoms with E-state index in [9.17, 15) is 9.59 Å². The fourth-order valence-electron chi connectivity index (χ4n) is 3.59. The summed E-state index contributed by atoms with van der Waals surface area (Å²) < 4.78 is 0. The van der Waals surface area contributed by atoms with Crippen molar-refractivity contribution in [1.82, 2.24) is 10.4 Å². The zero-order valence-electron chi connectivity index (χ0n) is 12.8. The fourth-order valence-corrected chi connectivity index (χ4v) is 3.59. The van der Waals surface area contributed by atoms with Crippen molar-refractivity contribution in [1.29, 1.82) is 0 Å². The first-order valence-corrected chi connectivity index (χ1v) is 7.58. The Morgan fingerprint density at radius 3 is 2.70 bits per heavy atom. The van der Waals surface area contributed by atoms with Crippen LogP contribution in [0.15, 0.2) is 0 Å². The molecule has 0 aromatic rings. The fraction of sp³-hybridized carbons (Fsp3) is 0.867. The molecular weight excluding hydrogens is 256 g/mol. The first-order valence-electron chi connectivity index (χ1n) is 7.58. The van der Waals surface area contributed by atoms with Gasteiger partial charge in [0.05, 0.1) is 19.7 Å². The van der Waals surface area contributed by atoms with Gasteiger partial charge in [-0.25, -0.2) is 5.06 Å². The molecule has 2 amide bonds. The molecule has 2 aliphatic rings. The van der Waals surface area contributed by atoms with Crippen LogP contribution in [0.2, 0.25) is 0 Å². The van der Waals surface area contributed by atoms with E-state index in [1.54, 1.807) is 0 Å². The van der Waals surface area contributed by atoms with E-state index in [4.69, 9.17) is 4.84 Å². The van der Waals surface area contributed by atoms with Crippen LogP contribution in [0.3, 0.4) is 0 Å². The highest BCUT2D eigenvalue weighted by Crippen LogP contribution is 2.41. The minimum absolute atomic E-state index is 0.0113. The largest absolute Gasteiger partial charge is 0.347 e. The molecule has 1 saturated heterocycles. The average molecular weight is 282 g/mol. The summed E-state index contributed by atoms with van der Waals surface area (Å²) in [4.78, 5) is 29.2. The van der Waals surface area contributed by atoms with Crippen LogP contribution in [0.5, 0.6) is 0 Å². The normalized spacial score (nSPS) is 29.2. The molecule has 1 N–H and O–H groups in total. The Labute approximate surface area is 121 Å². The number of carbonyl (C=O) groups is 2. The monoisotopic (exact) mass is 282 g/mol. The lowest BCUT2D eigenvalue weighted by Gasteiger charge is -2.38. The van der Waals surface area contributed by atoms with Crippen LogP contribution >= 0.6 is 0 Å². The molecule has 2 rings (SSSR count). The topological polar surface area (TPSA) is 58.6 Å². The molecule has 5 nitrogen and oxygen atoms in total. The molecule has 2 unspecified atom stereocenters. The predicted octanol–water partition coefficient (Wildman–Crippen LogP) is 1.73. The lowest BCUT2D eigenvalue weighted by molar-refractivity contribution is -0.168. The maximum absolute atomic E-state index is 12.2. The van der Waals surface area contributed by atoms with Crippen LogP contribution in [-0.2, 0) is 14.4 Å². The number of amides is 2. The summed E-state index contributed by atoms with van der Waals surface area (Å²) in [6.45, 7) is 7.89. The molecule has 1 aliphatic heterocycles. The molecular formula is C15H26N2O3. The molecule has 1 heterocycles. The molecule has 0 bridgehead atoms. The average Bonchev–Trinajstić information content (AvgIpc) is 2.86. The second-order valence-corrected chi connectivity index (χ2v) is 7.01. The van der Waals surface area contributed by atoms with Gasteiger partial charge in [-0.15, -0.1) is 0 Å². The highest BCUT2D eigenvalue weighted by Gasteiger charge is 2.35. The standard InChI is InChI=1S/C15H26N2O3/c1-11-7-12(9-15(2,3)8-11)14(19)16-10-13(18)17-5-4-6-20-17/h11-12H,4-10H2,1-3H3,(H,16,19). The summed E-state index contributed by atoms with van der Waals surface area (Å²) in [7, 11) is 0. The maximum Gasteiger partial charge on any atom is 0.265 e. The van der Waals surface area contributed by atoms with Gasteiger partial charge in [0.2, 0.25) is 5.91 Å². The molecule has 2 fully saturated rings. The van der Waals surface area contributed by atoms with Crippen molar-refractivity contribution in [2.45, 2.75) is 46.5 Å². The van der Waals surface area contributed by atoms with Crippen molar-refractivity contribution < 1.29 is 14.4 Å². The van der Waals surface area contributed by atoms with Crippen molar-refractivity contribution in [3.05, 3.63) is 0 Å². The first-order chi connectivity index (χ1) is 9.37. The molecule has 5 heteroatoms. The van der Waals surface area contributed by atoms with Crippen LogP contribution in [0.25, 0.3) is 0 Å². The quantitative estimate of drug-likeness (QED) is 0.857. The van der Waals surface area contributed by atoms with Gasteiger partial charge in [-0.2, -0.15) is 0 Å². The zero-order chi connectivity index (χ0) is 14.8. The van der Waals surface area contributed by atoms with E-state index in [0.717, 1.165) is 25.7 Å². The molecule has 1 saturated carbocycles. The third-order valence-electron chi connectivity index (χ3n) is 4.20. The summed E-state index contributed by atoms with van der Waals surface area (Å²) in [5.74, 6) is 0.448. The first kappa shape index (κ1) is 15.3. The molecule has 1 aliphatic carbocycles. The van der Waals surface area contributed by atoms with E-state index in [0.29, 0.717) is 19.1 Å². The van der Waals surface area contributed by atoms with Gasteiger partial charge >= 0.3 is 0 Å². The van der Waals surface area contributed by atoms with Gasteiger partial charge in [0.25, 0.3) is 5.91 Å². The van der Waals surface area contributed by atoms with Gasteiger partial charge in [0.15, 0.2) is 0 Å². The lowest BCUT2D eigenvalue weighted by atomic mass is 9.68. The van der Waals surface area contributed by atoms with Crippen LogP contribution in [0.1, 0.15) is 46.5 Å². The van der Waals surface area contributed by atoms with Gasteiger partial charge in [0, 0.05) is 5.92 Å². The Morgan fingerprint density at radius 1 is 1.35 bits per heavy atom. The highest BCUT2D eigenvalue weighted by molar-refractivity contribution is 5.85. The second kappa shape index (κ2) is 6.12. The Kier molecular flexibility index (Phi) is 4.68. The number of hydrogen-bond acceptors (Lipinski definition) is 3. The summed E-state index contributed by atoms with van der Waals surface area (Å²) >= 11 is 0. The van der Waals surface area contributed by atoms with Crippen molar-refractivity contribution in [3.63, 3.8) is 0 Å². The summed E-state index contributed by atoms with van der Waals surface area (Å²) in [6, 6.07) is 0. The van der Waals surface area contributed by atoms with Crippen molar-refractivity contribution in [2.75, 3.05) is 19.7 Å². The minimum Gasteiger partial charge on any atom is -0.347 e. The molecule has 0 aromatic heterocycles. The van der Waals surface area contributed by atoms with Crippen LogP contribution in [-0.4, -0.2) is 36.6 Å². The lowest BCUT2D eigenvalue weighted by Crippen LogP contribution is -2.43. The molecule has 0 spiro atoms. The van der Waals surface area contributed by atoms with Crippen LogP contribution in [0, 0.1) is 17.3 Å². The van der Waals surface area contributed by atoms with Gasteiger partial charge < -0.3 is 5.32 Å². The van der Waals surface area contributed by atoms with E-state index < -0.39 is 0 Å². The third-order valence-corrected chi connectivity index (χ3v) is 4.20. The molecule has 0 radical (unpaired) electrons. The van der Waals surface area contributed by atoms with Gasteiger partial charge in [-0.1, -0.05) is 20.8 Å². The minimum atomic E-state index is -0.154. The molecule has 114 valence electrons. The number of hydroxylamine groups is 2. The van der Waals surface area contributed by atoms with Crippen molar-refractivity contribution in [2.24, 2.45) is 17.3 Å². The van der Waals surface area contributed by atoms with Crippen molar-refractivity contribution in [3.8, 4) is 0 Å². The smallest absolute Gasteiger partial charge is 0.265 e. The Hall–Kier alpha value is -1.10. The SMILES string of the molecule is CC1CC(C(=O)NCC(=O)N2CCCO2)CC(C)(C)C1. The van der Waals surface area contributed by atoms with E-state index in [1.165, 1.54) is 5.06 Å². The molecule has 20 heavy (non-hydrogen) atoms. The number of rotatable bonds is 3. The van der Waals surface area contributed by atoms with E-state index in [1.807, 2.05) is 0 Å². The van der Waals surface area contributed by atoms with Gasteiger partial charge in [-0.3, -0.25) is 14.4 Å². The van der Waals surface area contributed by atoms with Gasteiger partial charge in [0.1, 0.15) is 0 Å². The predicted molar refractivity (Wildman–Crippen MR) is 75.6 cm³/mol. The number of nitrogens with one attached hydrogen (secondary N) is 1. The highest BCUT2D eigenvalue weighted by atomic mass is 16.7. The van der Waals surface area contributed by atoms with E-state index in [-0.39, 0.29) is 29.7 Å². The van der Waals surface area contributed by atoms with E-state index >= 15 is 0 Å². The molecule has 2 atom stereocenters. The Balaban J connectivity index is 1.80. The van der Waals surface area contributed by atoms with Crippen molar-refractivity contribution >= 4 is 11.8 Å². The number of hydrogen-bond donors (Lipinski definition) is 1. The maximum atomic E-state index is 12.2. The Bertz CT molecular complexity index is 375. The summed E-state index contributed by atoms with van der Waals surface area (Å²) in [5.41, 5.74) is 0.210. The van der Waals surface area contributed by atoms with E-state index in [2.05, 4.69) is 26.1 Å². The number of nitrogens with zero attached hydrogens (tertiary/aromatic N) is 1. The summed E-state index contributed by atoms with van der Waals surface area (Å²) in [6.07, 6.45) is 3.85. The third kappa shape index (κ3) is 3.95. The second-order valence-electron chi connectivity index (χ2n) is 7.01. The number of carbonyl (C=O) groups excluding carboxylic acids is 2. The Morgan fingerprint density at radius 2 is 2.10 bits per heavy atom. The van der Waals surface area contributed by atoms with Crippen LogP contribution in [0.4, 0.5) is 0 Å². The van der Waals surface area contributed by atoms with Crippen LogP contribution < -0.4 is 5.32 Å².